The molecule has 0 unspecified atom stereocenters. The van der Waals surface area contributed by atoms with E-state index in [9.17, 15) is 26.4 Å². The number of benzene rings is 1. The first kappa shape index (κ1) is 20.1. The van der Waals surface area contributed by atoms with Gasteiger partial charge in [0, 0.05) is 19.7 Å². The van der Waals surface area contributed by atoms with Crippen LogP contribution in [0.1, 0.15) is 12.6 Å². The number of nitrogens with one attached hydrogen (secondary N) is 1. The van der Waals surface area contributed by atoms with Crippen LogP contribution < -0.4 is 5.69 Å². The zero-order valence-electron chi connectivity index (χ0n) is 16.1. The van der Waals surface area contributed by atoms with Gasteiger partial charge < -0.3 is 9.55 Å². The summed E-state index contributed by atoms with van der Waals surface area (Å²) in [7, 11) is -0.682. The number of rotatable bonds is 3. The van der Waals surface area contributed by atoms with E-state index in [1.54, 1.807) is 7.05 Å². The first-order chi connectivity index (χ1) is 13.9. The van der Waals surface area contributed by atoms with E-state index in [-0.39, 0.29) is 27.6 Å². The standard InChI is InChI=1S/C18H16F3N5O3S/c1-4-30(28,29)14-7-12-10(24-17(27)26(12)3)5-9(14)16-23-11-6-15(18(19,20)21)22-8-13(11)25(16)2/h5-8H,4H2,1-3H3,(H,24,27). The zero-order valence-corrected chi connectivity index (χ0v) is 16.9. The number of imidazole rings is 2. The second-order valence-corrected chi connectivity index (χ2v) is 9.06. The Hall–Kier alpha value is -3.15. The van der Waals surface area contributed by atoms with Crippen molar-refractivity contribution in [3.05, 3.63) is 40.6 Å². The summed E-state index contributed by atoms with van der Waals surface area (Å²) in [4.78, 5) is 22.3. The van der Waals surface area contributed by atoms with Gasteiger partial charge in [0.15, 0.2) is 9.84 Å². The molecule has 0 radical (unpaired) electrons. The Labute approximate surface area is 167 Å². The van der Waals surface area contributed by atoms with Crippen LogP contribution in [0, 0.1) is 0 Å². The zero-order chi connectivity index (χ0) is 22.0. The summed E-state index contributed by atoms with van der Waals surface area (Å²) < 4.78 is 67.3. The van der Waals surface area contributed by atoms with Crippen molar-refractivity contribution in [2.45, 2.75) is 18.0 Å². The molecule has 0 bridgehead atoms. The fraction of sp³-hybridized carbons (Fsp3) is 0.278. The number of aryl methyl sites for hydroxylation is 2. The molecular weight excluding hydrogens is 423 g/mol. The van der Waals surface area contributed by atoms with Crippen molar-refractivity contribution in [2.24, 2.45) is 14.1 Å². The lowest BCUT2D eigenvalue weighted by Crippen LogP contribution is -2.12. The molecule has 4 aromatic rings. The topological polar surface area (TPSA) is 103 Å². The van der Waals surface area contributed by atoms with Crippen LogP contribution in [-0.2, 0) is 30.1 Å². The van der Waals surface area contributed by atoms with Crippen LogP contribution in [0.5, 0.6) is 0 Å². The Bertz CT molecular complexity index is 1480. The third kappa shape index (κ3) is 2.98. The number of nitrogens with zero attached hydrogens (tertiary/aromatic N) is 4. The second kappa shape index (κ2) is 6.42. The molecule has 0 fully saturated rings. The van der Waals surface area contributed by atoms with E-state index in [4.69, 9.17) is 0 Å². The minimum Gasteiger partial charge on any atom is -0.326 e. The third-order valence-corrected chi connectivity index (χ3v) is 6.79. The van der Waals surface area contributed by atoms with E-state index < -0.39 is 27.4 Å². The predicted molar refractivity (Wildman–Crippen MR) is 104 cm³/mol. The quantitative estimate of drug-likeness (QED) is 0.529. The van der Waals surface area contributed by atoms with Crippen molar-refractivity contribution < 1.29 is 21.6 Å². The van der Waals surface area contributed by atoms with Crippen molar-refractivity contribution in [1.82, 2.24) is 24.1 Å². The average Bonchev–Trinajstić information content (AvgIpc) is 3.16. The molecule has 1 aromatic carbocycles. The van der Waals surface area contributed by atoms with Crippen LogP contribution in [0.4, 0.5) is 13.2 Å². The van der Waals surface area contributed by atoms with Gasteiger partial charge in [0.25, 0.3) is 0 Å². The highest BCUT2D eigenvalue weighted by Gasteiger charge is 2.33. The number of aromatic amines is 1. The maximum atomic E-state index is 13.0. The lowest BCUT2D eigenvalue weighted by molar-refractivity contribution is -0.141. The highest BCUT2D eigenvalue weighted by molar-refractivity contribution is 7.91. The molecule has 0 aliphatic carbocycles. The summed E-state index contributed by atoms with van der Waals surface area (Å²) in [5.74, 6) is -0.0575. The molecule has 0 amide bonds. The number of H-pyrrole nitrogens is 1. The van der Waals surface area contributed by atoms with Crippen LogP contribution >= 0.6 is 0 Å². The molecular formula is C18H16F3N5O3S. The molecule has 30 heavy (non-hydrogen) atoms. The number of halogens is 3. The number of hydrogen-bond acceptors (Lipinski definition) is 5. The van der Waals surface area contributed by atoms with E-state index >= 15 is 0 Å². The van der Waals surface area contributed by atoms with Crippen molar-refractivity contribution in [1.29, 1.82) is 0 Å². The Balaban J connectivity index is 2.07. The normalized spacial score (nSPS) is 12.9. The van der Waals surface area contributed by atoms with Gasteiger partial charge in [-0.15, -0.1) is 0 Å². The highest BCUT2D eigenvalue weighted by Crippen LogP contribution is 2.34. The Morgan fingerprint density at radius 3 is 2.43 bits per heavy atom. The predicted octanol–water partition coefficient (Wildman–Crippen LogP) is 2.63. The number of aromatic nitrogens is 5. The summed E-state index contributed by atoms with van der Waals surface area (Å²) in [6.07, 6.45) is -3.59. The fourth-order valence-corrected chi connectivity index (χ4v) is 4.41. The fourth-order valence-electron chi connectivity index (χ4n) is 3.33. The molecule has 0 saturated carbocycles. The highest BCUT2D eigenvalue weighted by atomic mass is 32.2. The monoisotopic (exact) mass is 439 g/mol. The van der Waals surface area contributed by atoms with E-state index in [0.29, 0.717) is 16.6 Å². The second-order valence-electron chi connectivity index (χ2n) is 6.81. The lowest BCUT2D eigenvalue weighted by Gasteiger charge is -2.10. The van der Waals surface area contributed by atoms with Crippen LogP contribution in [-0.4, -0.2) is 38.3 Å². The average molecular weight is 439 g/mol. The van der Waals surface area contributed by atoms with Gasteiger partial charge in [-0.3, -0.25) is 4.57 Å². The molecule has 0 spiro atoms. The van der Waals surface area contributed by atoms with Gasteiger partial charge in [-0.2, -0.15) is 13.2 Å². The van der Waals surface area contributed by atoms with Gasteiger partial charge in [0.05, 0.1) is 38.9 Å². The first-order valence-electron chi connectivity index (χ1n) is 8.79. The Kier molecular flexibility index (Phi) is 4.31. The number of fused-ring (bicyclic) bond motifs is 2. The molecule has 158 valence electrons. The summed E-state index contributed by atoms with van der Waals surface area (Å²) in [6.45, 7) is 1.48. The van der Waals surface area contributed by atoms with Gasteiger partial charge in [-0.1, -0.05) is 6.92 Å². The summed E-state index contributed by atoms with van der Waals surface area (Å²) in [6, 6.07) is 3.66. The van der Waals surface area contributed by atoms with E-state index in [0.717, 1.165) is 12.3 Å². The summed E-state index contributed by atoms with van der Waals surface area (Å²) in [5, 5.41) is 0. The van der Waals surface area contributed by atoms with Gasteiger partial charge in [-0.05, 0) is 18.2 Å². The van der Waals surface area contributed by atoms with Gasteiger partial charge in [0.1, 0.15) is 11.5 Å². The smallest absolute Gasteiger partial charge is 0.326 e. The maximum Gasteiger partial charge on any atom is 0.433 e. The van der Waals surface area contributed by atoms with Crippen molar-refractivity contribution >= 4 is 31.9 Å². The molecule has 4 rings (SSSR count). The SMILES string of the molecule is CCS(=O)(=O)c1cc2c(cc1-c1nc3cc(C(F)(F)F)ncc3n1C)[nH]c(=O)n2C. The van der Waals surface area contributed by atoms with Crippen LogP contribution in [0.3, 0.4) is 0 Å². The molecule has 0 saturated heterocycles. The number of pyridine rings is 1. The maximum absolute atomic E-state index is 13.0. The van der Waals surface area contributed by atoms with E-state index in [1.807, 2.05) is 0 Å². The molecule has 12 heteroatoms. The Morgan fingerprint density at radius 2 is 1.80 bits per heavy atom. The number of hydrogen-bond donors (Lipinski definition) is 1. The molecule has 3 heterocycles. The number of sulfone groups is 1. The van der Waals surface area contributed by atoms with Crippen LogP contribution in [0.25, 0.3) is 33.5 Å². The molecule has 0 aliphatic rings. The first-order valence-corrected chi connectivity index (χ1v) is 10.4. The minimum atomic E-state index is -4.63. The molecule has 3 aromatic heterocycles. The van der Waals surface area contributed by atoms with E-state index in [1.165, 1.54) is 35.2 Å². The molecule has 8 nitrogen and oxygen atoms in total. The van der Waals surface area contributed by atoms with Crippen molar-refractivity contribution in [3.8, 4) is 11.4 Å². The Morgan fingerprint density at radius 1 is 1.10 bits per heavy atom. The molecule has 0 atom stereocenters. The largest absolute Gasteiger partial charge is 0.433 e. The summed E-state index contributed by atoms with van der Waals surface area (Å²) in [5.41, 5.74) is -0.242. The van der Waals surface area contributed by atoms with E-state index in [2.05, 4.69) is 15.0 Å². The van der Waals surface area contributed by atoms with Gasteiger partial charge >= 0.3 is 11.9 Å². The lowest BCUT2D eigenvalue weighted by atomic mass is 10.2. The molecule has 1 N–H and O–H groups in total. The minimum absolute atomic E-state index is 0.0244. The summed E-state index contributed by atoms with van der Waals surface area (Å²) >= 11 is 0. The van der Waals surface area contributed by atoms with Crippen LogP contribution in [0.2, 0.25) is 0 Å². The molecule has 0 aliphatic heterocycles. The van der Waals surface area contributed by atoms with Gasteiger partial charge in [0.2, 0.25) is 0 Å². The van der Waals surface area contributed by atoms with Crippen LogP contribution in [0.15, 0.2) is 34.1 Å². The number of alkyl halides is 3. The third-order valence-electron chi connectivity index (χ3n) is 5.02. The van der Waals surface area contributed by atoms with Crippen molar-refractivity contribution in [2.75, 3.05) is 5.75 Å². The van der Waals surface area contributed by atoms with Gasteiger partial charge in [-0.25, -0.2) is 23.2 Å². The van der Waals surface area contributed by atoms with Crippen molar-refractivity contribution in [3.63, 3.8) is 0 Å².